The van der Waals surface area contributed by atoms with Crippen LogP contribution in [0.2, 0.25) is 0 Å². The number of hydrogen-bond acceptors (Lipinski definition) is 3. The largest absolute Gasteiger partial charge is 0.478 e. The first-order valence-electron chi connectivity index (χ1n) is 5.19. The summed E-state index contributed by atoms with van der Waals surface area (Å²) in [5, 5.41) is 11.1. The lowest BCUT2D eigenvalue weighted by molar-refractivity contribution is -0.133. The summed E-state index contributed by atoms with van der Waals surface area (Å²) in [5.41, 5.74) is 5.13. The smallest absolute Gasteiger partial charge is 0.331 e. The third-order valence-electron chi connectivity index (χ3n) is 2.48. The number of amides is 2. The van der Waals surface area contributed by atoms with Crippen LogP contribution in [0.4, 0.5) is 0 Å². The normalized spacial score (nSPS) is 13.9. The highest BCUT2D eigenvalue weighted by atomic mass is 16.4. The van der Waals surface area contributed by atoms with E-state index < -0.39 is 23.8 Å². The van der Waals surface area contributed by atoms with Gasteiger partial charge in [0.1, 0.15) is 6.04 Å². The first-order chi connectivity index (χ1) is 7.68. The van der Waals surface area contributed by atoms with Crippen molar-refractivity contribution in [3.63, 3.8) is 0 Å². The van der Waals surface area contributed by atoms with E-state index in [4.69, 9.17) is 10.8 Å². The van der Waals surface area contributed by atoms with Crippen LogP contribution >= 0.6 is 0 Å². The Morgan fingerprint density at radius 2 is 1.59 bits per heavy atom. The molecule has 6 heteroatoms. The molecule has 0 aromatic carbocycles. The Hall–Kier alpha value is -1.85. The minimum atomic E-state index is -1.17. The van der Waals surface area contributed by atoms with Crippen molar-refractivity contribution < 1.29 is 19.5 Å². The van der Waals surface area contributed by atoms with Gasteiger partial charge in [-0.15, -0.1) is 0 Å². The molecule has 6 nitrogen and oxygen atoms in total. The van der Waals surface area contributed by atoms with Crippen LogP contribution in [0.1, 0.15) is 27.7 Å². The molecule has 4 N–H and O–H groups in total. The molecule has 17 heavy (non-hydrogen) atoms. The minimum Gasteiger partial charge on any atom is -0.478 e. The Kier molecular flexibility index (Phi) is 5.37. The molecule has 0 spiro atoms. The molecule has 0 aliphatic carbocycles. The fraction of sp³-hybridized carbons (Fsp3) is 0.545. The fourth-order valence-electron chi connectivity index (χ4n) is 1.15. The lowest BCUT2D eigenvalue weighted by atomic mass is 10.0. The molecule has 2 amide bonds. The summed E-state index contributed by atoms with van der Waals surface area (Å²) in [5.74, 6) is -2.57. The lowest BCUT2D eigenvalue weighted by Crippen LogP contribution is -2.48. The van der Waals surface area contributed by atoms with Crippen molar-refractivity contribution in [3.05, 3.63) is 11.1 Å². The predicted molar refractivity (Wildman–Crippen MR) is 62.0 cm³/mol. The van der Waals surface area contributed by atoms with Gasteiger partial charge in [0.25, 0.3) is 0 Å². The molecule has 0 aliphatic heterocycles. The highest BCUT2D eigenvalue weighted by Crippen LogP contribution is 2.06. The number of aliphatic carboxylic acids is 1. The molecule has 96 valence electrons. The highest BCUT2D eigenvalue weighted by molar-refractivity contribution is 6.02. The number of nitrogens with one attached hydrogen (secondary N) is 1. The van der Waals surface area contributed by atoms with Gasteiger partial charge in [-0.25, -0.2) is 4.79 Å². The molecule has 0 aliphatic rings. The first kappa shape index (κ1) is 15.2. The standard InChI is InChI=1S/C11H18N2O4/c1-5(2)8(9(12)14)13-10(15)6(3)7(4)11(16)17/h5,8H,1-4H3,(H2,12,14)(H,13,15)(H,16,17). The summed E-state index contributed by atoms with van der Waals surface area (Å²) in [6.07, 6.45) is 0. The third kappa shape index (κ3) is 4.26. The molecule has 0 fully saturated rings. The highest BCUT2D eigenvalue weighted by Gasteiger charge is 2.23. The first-order valence-corrected chi connectivity index (χ1v) is 5.19. The summed E-state index contributed by atoms with van der Waals surface area (Å²) in [6.45, 7) is 6.18. The molecule has 1 unspecified atom stereocenters. The minimum absolute atomic E-state index is 0.0596. The van der Waals surface area contributed by atoms with Gasteiger partial charge in [0.15, 0.2) is 0 Å². The second-order valence-corrected chi connectivity index (χ2v) is 4.15. The zero-order chi connectivity index (χ0) is 13.7. The Labute approximate surface area is 99.9 Å². The van der Waals surface area contributed by atoms with Crippen LogP contribution < -0.4 is 11.1 Å². The summed E-state index contributed by atoms with van der Waals surface area (Å²) in [7, 11) is 0. The maximum absolute atomic E-state index is 11.7. The number of carbonyl (C=O) groups excluding carboxylic acids is 2. The summed E-state index contributed by atoms with van der Waals surface area (Å²) < 4.78 is 0. The summed E-state index contributed by atoms with van der Waals surface area (Å²) in [6, 6.07) is -0.806. The van der Waals surface area contributed by atoms with E-state index in [9.17, 15) is 14.4 Å². The SMILES string of the molecule is CC(C(=O)O)=C(C)C(=O)NC(C(N)=O)C(C)C. The van der Waals surface area contributed by atoms with Crippen molar-refractivity contribution in [2.24, 2.45) is 11.7 Å². The number of carbonyl (C=O) groups is 3. The summed E-state index contributed by atoms with van der Waals surface area (Å²) >= 11 is 0. The monoisotopic (exact) mass is 242 g/mol. The number of carboxylic acids is 1. The number of nitrogens with two attached hydrogens (primary N) is 1. The van der Waals surface area contributed by atoms with Gasteiger partial charge < -0.3 is 16.2 Å². The van der Waals surface area contributed by atoms with Crippen molar-refractivity contribution >= 4 is 17.8 Å². The second-order valence-electron chi connectivity index (χ2n) is 4.15. The quantitative estimate of drug-likeness (QED) is 0.591. The molecule has 0 heterocycles. The maximum Gasteiger partial charge on any atom is 0.331 e. The zero-order valence-corrected chi connectivity index (χ0v) is 10.4. The van der Waals surface area contributed by atoms with E-state index in [0.29, 0.717) is 0 Å². The molecular weight excluding hydrogens is 224 g/mol. The molecule has 0 saturated carbocycles. The van der Waals surface area contributed by atoms with E-state index in [2.05, 4.69) is 5.32 Å². The third-order valence-corrected chi connectivity index (χ3v) is 2.48. The average Bonchev–Trinajstić information content (AvgIpc) is 2.22. The van der Waals surface area contributed by atoms with Gasteiger partial charge in [-0.3, -0.25) is 9.59 Å². The topological polar surface area (TPSA) is 109 Å². The molecule has 1 atom stereocenters. The maximum atomic E-state index is 11.7. The van der Waals surface area contributed by atoms with E-state index in [0.717, 1.165) is 0 Å². The average molecular weight is 242 g/mol. The lowest BCUT2D eigenvalue weighted by Gasteiger charge is -2.19. The molecule has 0 rings (SSSR count). The van der Waals surface area contributed by atoms with E-state index in [1.54, 1.807) is 13.8 Å². The van der Waals surface area contributed by atoms with Crippen LogP contribution in [-0.2, 0) is 14.4 Å². The van der Waals surface area contributed by atoms with Gasteiger partial charge in [-0.05, 0) is 19.8 Å². The van der Waals surface area contributed by atoms with Crippen molar-refractivity contribution in [1.82, 2.24) is 5.32 Å². The van der Waals surface area contributed by atoms with Gasteiger partial charge >= 0.3 is 5.97 Å². The number of rotatable bonds is 5. The van der Waals surface area contributed by atoms with Gasteiger partial charge in [-0.2, -0.15) is 0 Å². The van der Waals surface area contributed by atoms with Crippen LogP contribution in [0, 0.1) is 5.92 Å². The van der Waals surface area contributed by atoms with E-state index in [1.165, 1.54) is 13.8 Å². The van der Waals surface area contributed by atoms with E-state index in [1.807, 2.05) is 0 Å². The van der Waals surface area contributed by atoms with Gasteiger partial charge in [-0.1, -0.05) is 13.8 Å². The Balaban J connectivity index is 4.92. The Morgan fingerprint density at radius 1 is 1.12 bits per heavy atom. The van der Waals surface area contributed by atoms with Crippen molar-refractivity contribution in [2.75, 3.05) is 0 Å². The fourth-order valence-corrected chi connectivity index (χ4v) is 1.15. The number of primary amides is 1. The number of hydrogen-bond donors (Lipinski definition) is 3. The van der Waals surface area contributed by atoms with E-state index >= 15 is 0 Å². The zero-order valence-electron chi connectivity index (χ0n) is 10.4. The summed E-state index contributed by atoms with van der Waals surface area (Å²) in [4.78, 5) is 33.4. The van der Waals surface area contributed by atoms with Gasteiger partial charge in [0.2, 0.25) is 11.8 Å². The van der Waals surface area contributed by atoms with Gasteiger partial charge in [0, 0.05) is 11.1 Å². The van der Waals surface area contributed by atoms with Crippen LogP contribution in [0.25, 0.3) is 0 Å². The van der Waals surface area contributed by atoms with E-state index in [-0.39, 0.29) is 17.1 Å². The Morgan fingerprint density at radius 3 is 1.88 bits per heavy atom. The van der Waals surface area contributed by atoms with Crippen molar-refractivity contribution in [3.8, 4) is 0 Å². The number of carboxylic acid groups (broad SMARTS) is 1. The van der Waals surface area contributed by atoms with Crippen molar-refractivity contribution in [1.29, 1.82) is 0 Å². The van der Waals surface area contributed by atoms with Crippen LogP contribution in [-0.4, -0.2) is 28.9 Å². The van der Waals surface area contributed by atoms with Crippen LogP contribution in [0.5, 0.6) is 0 Å². The van der Waals surface area contributed by atoms with Crippen LogP contribution in [0.3, 0.4) is 0 Å². The molecular formula is C11H18N2O4. The molecule has 0 bridgehead atoms. The van der Waals surface area contributed by atoms with Crippen molar-refractivity contribution in [2.45, 2.75) is 33.7 Å². The van der Waals surface area contributed by atoms with Gasteiger partial charge in [0.05, 0.1) is 0 Å². The second kappa shape index (κ2) is 6.03. The van der Waals surface area contributed by atoms with Crippen LogP contribution in [0.15, 0.2) is 11.1 Å². The predicted octanol–water partition coefficient (Wildman–Crippen LogP) is 0.0335. The molecule has 0 radical (unpaired) electrons. The molecule has 0 saturated heterocycles. The molecule has 0 aromatic rings. The Bertz CT molecular complexity index is 372. The molecule has 0 aromatic heterocycles.